The molecule has 1 N–H and O–H groups in total. The third kappa shape index (κ3) is 3.62. The molecule has 0 aliphatic carbocycles. The Morgan fingerprint density at radius 2 is 2.05 bits per heavy atom. The fourth-order valence-electron chi connectivity index (χ4n) is 1.54. The number of nitrogens with zero attached hydrogens (tertiary/aromatic N) is 1. The fraction of sp³-hybridized carbons (Fsp3) is 0.0769. The van der Waals surface area contributed by atoms with Crippen LogP contribution < -0.4 is 10.1 Å². The summed E-state index contributed by atoms with van der Waals surface area (Å²) in [5, 5.41) is 3.15. The van der Waals surface area contributed by atoms with Gasteiger partial charge in [0.1, 0.15) is 10.9 Å². The number of nitrogens with one attached hydrogen (secondary N) is 1. The molecule has 1 aromatic carbocycles. The number of aromatic nitrogens is 1. The Morgan fingerprint density at radius 1 is 1.30 bits per heavy atom. The summed E-state index contributed by atoms with van der Waals surface area (Å²) in [6.45, 7) is 0. The highest BCUT2D eigenvalue weighted by Gasteiger charge is 2.12. The summed E-state index contributed by atoms with van der Waals surface area (Å²) >= 11 is 15.0. The Hall–Kier alpha value is -1.30. The number of hydrogen-bond acceptors (Lipinski definition) is 3. The van der Waals surface area contributed by atoms with Gasteiger partial charge in [0.25, 0.3) is 5.91 Å². The summed E-state index contributed by atoms with van der Waals surface area (Å²) < 4.78 is 5.91. The molecule has 0 fully saturated rings. The van der Waals surface area contributed by atoms with Crippen LogP contribution in [0.5, 0.6) is 5.75 Å². The molecule has 0 aliphatic rings. The van der Waals surface area contributed by atoms with Gasteiger partial charge in [0.2, 0.25) is 0 Å². The molecular formula is C13H9BrCl2N2O2. The molecule has 104 valence electrons. The maximum Gasteiger partial charge on any atom is 0.257 e. The number of carbonyl (C=O) groups excluding carboxylic acids is 1. The smallest absolute Gasteiger partial charge is 0.257 e. The van der Waals surface area contributed by atoms with Crippen molar-refractivity contribution in [2.75, 3.05) is 12.4 Å². The average Bonchev–Trinajstić information content (AvgIpc) is 2.40. The normalized spacial score (nSPS) is 10.2. The van der Waals surface area contributed by atoms with Crippen molar-refractivity contribution >= 4 is 50.7 Å². The van der Waals surface area contributed by atoms with Crippen LogP contribution in [0.25, 0.3) is 0 Å². The molecule has 0 atom stereocenters. The van der Waals surface area contributed by atoms with Crippen LogP contribution in [0.1, 0.15) is 10.4 Å². The van der Waals surface area contributed by atoms with E-state index in [-0.39, 0.29) is 21.6 Å². The zero-order chi connectivity index (χ0) is 14.7. The highest BCUT2D eigenvalue weighted by atomic mass is 79.9. The Bertz CT molecular complexity index is 665. The monoisotopic (exact) mass is 374 g/mol. The van der Waals surface area contributed by atoms with Crippen molar-refractivity contribution in [1.29, 1.82) is 0 Å². The average molecular weight is 376 g/mol. The van der Waals surface area contributed by atoms with Gasteiger partial charge in [-0.2, -0.15) is 0 Å². The first-order valence-electron chi connectivity index (χ1n) is 5.46. The first-order chi connectivity index (χ1) is 9.49. The van der Waals surface area contributed by atoms with Gasteiger partial charge in [-0.15, -0.1) is 0 Å². The number of benzene rings is 1. The number of halogens is 3. The molecule has 1 heterocycles. The third-order valence-corrected chi connectivity index (χ3v) is 3.40. The zero-order valence-corrected chi connectivity index (χ0v) is 13.4. The van der Waals surface area contributed by atoms with Crippen molar-refractivity contribution in [3.8, 4) is 5.75 Å². The summed E-state index contributed by atoms with van der Waals surface area (Å²) in [4.78, 5) is 16.0. The van der Waals surface area contributed by atoms with Gasteiger partial charge in [0.15, 0.2) is 0 Å². The number of methoxy groups -OCH3 is 1. The predicted molar refractivity (Wildman–Crippen MR) is 82.9 cm³/mol. The second-order valence-corrected chi connectivity index (χ2v) is 5.53. The van der Waals surface area contributed by atoms with Crippen molar-refractivity contribution < 1.29 is 9.53 Å². The molecule has 0 saturated heterocycles. The Labute approximate surface area is 134 Å². The van der Waals surface area contributed by atoms with Gasteiger partial charge >= 0.3 is 0 Å². The summed E-state index contributed by atoms with van der Waals surface area (Å²) in [7, 11) is 1.55. The minimum Gasteiger partial charge on any atom is -0.497 e. The topological polar surface area (TPSA) is 51.2 Å². The Morgan fingerprint density at radius 3 is 2.75 bits per heavy atom. The van der Waals surface area contributed by atoms with Crippen molar-refractivity contribution in [2.24, 2.45) is 0 Å². The van der Waals surface area contributed by atoms with E-state index in [1.54, 1.807) is 25.3 Å². The SMILES string of the molecule is COc1cc(Br)cc(NC(=O)c2cc(Cl)ncc2Cl)c1. The van der Waals surface area contributed by atoms with Gasteiger partial charge < -0.3 is 10.1 Å². The lowest BCUT2D eigenvalue weighted by Crippen LogP contribution is -2.12. The zero-order valence-electron chi connectivity index (χ0n) is 10.3. The van der Waals surface area contributed by atoms with Crippen LogP contribution in [-0.2, 0) is 0 Å². The molecule has 0 radical (unpaired) electrons. The predicted octanol–water partition coefficient (Wildman–Crippen LogP) is 4.41. The van der Waals surface area contributed by atoms with Crippen LogP contribution in [0, 0.1) is 0 Å². The fourth-order valence-corrected chi connectivity index (χ4v) is 2.36. The Balaban J connectivity index is 2.27. The van der Waals surface area contributed by atoms with E-state index < -0.39 is 0 Å². The first-order valence-corrected chi connectivity index (χ1v) is 7.01. The molecule has 0 spiro atoms. The molecule has 2 aromatic rings. The summed E-state index contributed by atoms with van der Waals surface area (Å²) in [6.07, 6.45) is 1.33. The molecule has 2 rings (SSSR count). The summed E-state index contributed by atoms with van der Waals surface area (Å²) in [6, 6.07) is 6.64. The molecule has 0 saturated carbocycles. The molecule has 0 unspecified atom stereocenters. The van der Waals surface area contributed by atoms with Crippen molar-refractivity contribution in [3.63, 3.8) is 0 Å². The quantitative estimate of drug-likeness (QED) is 0.808. The number of rotatable bonds is 3. The first kappa shape index (κ1) is 15.1. The minimum atomic E-state index is -0.376. The lowest BCUT2D eigenvalue weighted by molar-refractivity contribution is 0.102. The summed E-state index contributed by atoms with van der Waals surface area (Å²) in [5.74, 6) is 0.244. The largest absolute Gasteiger partial charge is 0.497 e. The lowest BCUT2D eigenvalue weighted by Gasteiger charge is -2.09. The van der Waals surface area contributed by atoms with Gasteiger partial charge in [-0.25, -0.2) is 4.98 Å². The van der Waals surface area contributed by atoms with Gasteiger partial charge in [0, 0.05) is 22.4 Å². The number of carbonyl (C=O) groups is 1. The van der Waals surface area contributed by atoms with Gasteiger partial charge in [-0.1, -0.05) is 39.1 Å². The number of anilines is 1. The molecular weight excluding hydrogens is 367 g/mol. The van der Waals surface area contributed by atoms with E-state index in [2.05, 4.69) is 26.2 Å². The highest BCUT2D eigenvalue weighted by molar-refractivity contribution is 9.10. The van der Waals surface area contributed by atoms with Gasteiger partial charge in [-0.3, -0.25) is 4.79 Å². The second kappa shape index (κ2) is 6.43. The van der Waals surface area contributed by atoms with Crippen LogP contribution >= 0.6 is 39.1 Å². The number of ether oxygens (including phenoxy) is 1. The van der Waals surface area contributed by atoms with Crippen molar-refractivity contribution in [1.82, 2.24) is 4.98 Å². The molecule has 1 aromatic heterocycles. The van der Waals surface area contributed by atoms with E-state index in [1.165, 1.54) is 12.3 Å². The number of hydrogen-bond donors (Lipinski definition) is 1. The minimum absolute atomic E-state index is 0.200. The van der Waals surface area contributed by atoms with Crippen molar-refractivity contribution in [2.45, 2.75) is 0 Å². The molecule has 7 heteroatoms. The second-order valence-electron chi connectivity index (χ2n) is 3.82. The van der Waals surface area contributed by atoms with Crippen LogP contribution in [0.2, 0.25) is 10.2 Å². The van der Waals surface area contributed by atoms with E-state index in [0.29, 0.717) is 11.4 Å². The number of pyridine rings is 1. The van der Waals surface area contributed by atoms with Crippen molar-refractivity contribution in [3.05, 3.63) is 50.7 Å². The molecule has 4 nitrogen and oxygen atoms in total. The third-order valence-electron chi connectivity index (χ3n) is 2.43. The highest BCUT2D eigenvalue weighted by Crippen LogP contribution is 2.26. The maximum absolute atomic E-state index is 12.2. The van der Waals surface area contributed by atoms with Gasteiger partial charge in [-0.05, 0) is 18.2 Å². The number of amides is 1. The molecule has 0 bridgehead atoms. The van der Waals surface area contributed by atoms with Crippen LogP contribution in [0.3, 0.4) is 0 Å². The van der Waals surface area contributed by atoms with Crippen LogP contribution in [-0.4, -0.2) is 18.0 Å². The summed E-state index contributed by atoms with van der Waals surface area (Å²) in [5.41, 5.74) is 0.829. The Kier molecular flexibility index (Phi) is 4.86. The van der Waals surface area contributed by atoms with E-state index in [0.717, 1.165) is 4.47 Å². The standard InChI is InChI=1S/C13H9BrCl2N2O2/c1-20-9-3-7(14)2-8(4-9)18-13(19)10-5-12(16)17-6-11(10)15/h2-6H,1H3,(H,18,19). The van der Waals surface area contributed by atoms with E-state index in [9.17, 15) is 4.79 Å². The van der Waals surface area contributed by atoms with E-state index in [4.69, 9.17) is 27.9 Å². The van der Waals surface area contributed by atoms with E-state index in [1.807, 2.05) is 0 Å². The maximum atomic E-state index is 12.2. The van der Waals surface area contributed by atoms with Crippen LogP contribution in [0.4, 0.5) is 5.69 Å². The molecule has 0 aliphatic heterocycles. The van der Waals surface area contributed by atoms with Crippen LogP contribution in [0.15, 0.2) is 34.9 Å². The van der Waals surface area contributed by atoms with Gasteiger partial charge in [0.05, 0.1) is 17.7 Å². The molecule has 20 heavy (non-hydrogen) atoms. The van der Waals surface area contributed by atoms with E-state index >= 15 is 0 Å². The molecule has 1 amide bonds. The lowest BCUT2D eigenvalue weighted by atomic mass is 10.2.